The number of hydrogen-bond acceptors (Lipinski definition) is 6. The van der Waals surface area contributed by atoms with Gasteiger partial charge in [-0.15, -0.1) is 0 Å². The maximum atomic E-state index is 12.3. The quantitative estimate of drug-likeness (QED) is 0.542. The van der Waals surface area contributed by atoms with Gasteiger partial charge in [0.15, 0.2) is 0 Å². The Morgan fingerprint density at radius 3 is 2.72 bits per heavy atom. The Balaban J connectivity index is 1.68. The fourth-order valence-electron chi connectivity index (χ4n) is 4.38. The van der Waals surface area contributed by atoms with Gasteiger partial charge in [-0.2, -0.15) is 5.10 Å². The predicted molar refractivity (Wildman–Crippen MR) is 121 cm³/mol. The molecule has 32 heavy (non-hydrogen) atoms. The fourth-order valence-corrected chi connectivity index (χ4v) is 4.38. The summed E-state index contributed by atoms with van der Waals surface area (Å²) in [5.41, 5.74) is 9.35. The molecule has 0 saturated carbocycles. The lowest BCUT2D eigenvalue weighted by Gasteiger charge is -2.39. The van der Waals surface area contributed by atoms with Gasteiger partial charge in [-0.3, -0.25) is 14.6 Å². The van der Waals surface area contributed by atoms with Crippen LogP contribution in [0.25, 0.3) is 16.6 Å². The number of anilines is 1. The summed E-state index contributed by atoms with van der Waals surface area (Å²) in [6.45, 7) is 4.65. The van der Waals surface area contributed by atoms with Crippen molar-refractivity contribution < 1.29 is 14.7 Å². The highest BCUT2D eigenvalue weighted by Crippen LogP contribution is 2.31. The summed E-state index contributed by atoms with van der Waals surface area (Å²) in [7, 11) is 0. The molecule has 1 aliphatic rings. The molecule has 0 bridgehead atoms. The van der Waals surface area contributed by atoms with Crippen LogP contribution in [-0.4, -0.2) is 61.7 Å². The molecule has 0 spiro atoms. The van der Waals surface area contributed by atoms with Crippen LogP contribution in [0.15, 0.2) is 43.0 Å². The number of pyridine rings is 1. The summed E-state index contributed by atoms with van der Waals surface area (Å²) in [5, 5.41) is 17.6. The van der Waals surface area contributed by atoms with E-state index in [0.717, 1.165) is 23.1 Å². The van der Waals surface area contributed by atoms with E-state index in [-0.39, 0.29) is 17.9 Å². The van der Waals surface area contributed by atoms with E-state index in [0.29, 0.717) is 30.8 Å². The average Bonchev–Trinajstić information content (AvgIpc) is 3.24. The van der Waals surface area contributed by atoms with Gasteiger partial charge in [0.1, 0.15) is 6.10 Å². The number of hydrogen-bond donors (Lipinski definition) is 3. The topological polar surface area (TPSA) is 126 Å². The summed E-state index contributed by atoms with van der Waals surface area (Å²) in [6, 6.07) is 5.85. The van der Waals surface area contributed by atoms with Crippen LogP contribution in [0.3, 0.4) is 0 Å². The first-order valence-electron chi connectivity index (χ1n) is 10.8. The monoisotopic (exact) mass is 436 g/mol. The number of nitrogens with zero attached hydrogens (tertiary/aromatic N) is 4. The molecule has 9 nitrogen and oxygen atoms in total. The molecule has 3 aromatic rings. The van der Waals surface area contributed by atoms with Gasteiger partial charge in [0.2, 0.25) is 0 Å². The second-order valence-corrected chi connectivity index (χ2v) is 8.26. The van der Waals surface area contributed by atoms with Gasteiger partial charge < -0.3 is 21.1 Å². The van der Waals surface area contributed by atoms with Crippen molar-refractivity contribution >= 4 is 23.0 Å². The Morgan fingerprint density at radius 2 is 2.06 bits per heavy atom. The van der Waals surface area contributed by atoms with Crippen LogP contribution in [0.5, 0.6) is 0 Å². The first-order valence-corrected chi connectivity index (χ1v) is 10.8. The summed E-state index contributed by atoms with van der Waals surface area (Å²) in [5.74, 6) is -0.640. The smallest absolute Gasteiger partial charge is 0.252 e. The number of carbonyl (C=O) groups excluding carboxylic acids is 2. The Hall–Kier alpha value is -3.46. The first kappa shape index (κ1) is 21.8. The van der Waals surface area contributed by atoms with Gasteiger partial charge in [0.05, 0.1) is 23.0 Å². The summed E-state index contributed by atoms with van der Waals surface area (Å²) in [4.78, 5) is 30.2. The number of nitrogens with one attached hydrogen (secondary N) is 1. The molecule has 4 N–H and O–H groups in total. The van der Waals surface area contributed by atoms with Gasteiger partial charge in [0.25, 0.3) is 11.8 Å². The van der Waals surface area contributed by atoms with E-state index in [9.17, 15) is 14.7 Å². The Bertz CT molecular complexity index is 1130. The number of fused-ring (bicyclic) bond motifs is 1. The maximum Gasteiger partial charge on any atom is 0.252 e. The van der Waals surface area contributed by atoms with Crippen molar-refractivity contribution in [3.63, 3.8) is 0 Å². The van der Waals surface area contributed by atoms with Crippen molar-refractivity contribution in [2.45, 2.75) is 38.8 Å². The molecular weight excluding hydrogens is 408 g/mol. The number of aliphatic hydroxyl groups excluding tert-OH is 1. The number of carbonyl (C=O) groups is 2. The highest BCUT2D eigenvalue weighted by molar-refractivity contribution is 6.02. The molecule has 9 heteroatoms. The molecule has 1 saturated heterocycles. The molecule has 0 aliphatic carbocycles. The normalized spacial score (nSPS) is 19.7. The third kappa shape index (κ3) is 4.16. The lowest BCUT2D eigenvalue weighted by atomic mass is 9.89. The lowest BCUT2D eigenvalue weighted by molar-refractivity contribution is -0.141. The van der Waals surface area contributed by atoms with Gasteiger partial charge >= 0.3 is 0 Å². The molecule has 1 fully saturated rings. The number of piperidine rings is 1. The fraction of sp³-hybridized carbons (Fsp3) is 0.391. The number of nitrogens with two attached hydrogens (primary N) is 1. The Labute approximate surface area is 186 Å². The summed E-state index contributed by atoms with van der Waals surface area (Å²) < 4.78 is 1.73. The third-order valence-corrected chi connectivity index (χ3v) is 6.17. The van der Waals surface area contributed by atoms with Crippen LogP contribution < -0.4 is 11.1 Å². The average molecular weight is 437 g/mol. The van der Waals surface area contributed by atoms with Crippen LogP contribution >= 0.6 is 0 Å². The molecule has 4 heterocycles. The first-order chi connectivity index (χ1) is 15.4. The maximum absolute atomic E-state index is 12.3. The van der Waals surface area contributed by atoms with E-state index in [1.165, 1.54) is 13.1 Å². The summed E-state index contributed by atoms with van der Waals surface area (Å²) in [6.07, 6.45) is 7.38. The van der Waals surface area contributed by atoms with E-state index >= 15 is 0 Å². The van der Waals surface area contributed by atoms with Gasteiger partial charge in [-0.05, 0) is 49.4 Å². The molecule has 0 aromatic carbocycles. The predicted octanol–water partition coefficient (Wildman–Crippen LogP) is 1.92. The molecular formula is C23H28N6O3. The van der Waals surface area contributed by atoms with E-state index in [4.69, 9.17) is 5.73 Å². The highest BCUT2D eigenvalue weighted by atomic mass is 16.3. The zero-order valence-electron chi connectivity index (χ0n) is 18.2. The molecule has 3 aromatic heterocycles. The second kappa shape index (κ2) is 8.96. The standard InChI is InChI=1S/C23H28N6O3/c1-3-15-12-28(23(32)14(2)30)9-6-19(15)27-21-18(22(24)31)11-26-29-13-17(10-20(21)29)16-4-7-25-8-5-16/h4-5,7-8,10-11,13-15,19,27,30H,3,6,9,12H2,1-2H3,(H2,24,31)/t14-,15-,19-/m1/s1. The van der Waals surface area contributed by atoms with Crippen molar-refractivity contribution in [2.75, 3.05) is 18.4 Å². The number of amides is 2. The van der Waals surface area contributed by atoms with Crippen LogP contribution in [0, 0.1) is 5.92 Å². The zero-order chi connectivity index (χ0) is 22.8. The summed E-state index contributed by atoms with van der Waals surface area (Å²) >= 11 is 0. The number of rotatable bonds is 6. The molecule has 4 rings (SSSR count). The van der Waals surface area contributed by atoms with Gasteiger partial charge in [0, 0.05) is 43.3 Å². The molecule has 2 amide bonds. The van der Waals surface area contributed by atoms with Crippen molar-refractivity contribution in [2.24, 2.45) is 11.7 Å². The third-order valence-electron chi connectivity index (χ3n) is 6.17. The number of primary amides is 1. The van der Waals surface area contributed by atoms with E-state index in [1.54, 1.807) is 21.8 Å². The zero-order valence-corrected chi connectivity index (χ0v) is 18.2. The van der Waals surface area contributed by atoms with Crippen molar-refractivity contribution in [1.29, 1.82) is 0 Å². The molecule has 1 aliphatic heterocycles. The number of aliphatic hydroxyl groups is 1. The van der Waals surface area contributed by atoms with Crippen LogP contribution in [0.2, 0.25) is 0 Å². The van der Waals surface area contributed by atoms with E-state index in [2.05, 4.69) is 22.3 Å². The molecule has 0 radical (unpaired) electrons. The van der Waals surface area contributed by atoms with E-state index in [1.807, 2.05) is 24.4 Å². The Morgan fingerprint density at radius 1 is 1.31 bits per heavy atom. The minimum atomic E-state index is -1.01. The van der Waals surface area contributed by atoms with Crippen molar-refractivity contribution in [3.8, 4) is 11.1 Å². The second-order valence-electron chi connectivity index (χ2n) is 8.26. The molecule has 3 atom stereocenters. The van der Waals surface area contributed by atoms with Crippen molar-refractivity contribution in [1.82, 2.24) is 19.5 Å². The van der Waals surface area contributed by atoms with Crippen LogP contribution in [0.4, 0.5) is 5.69 Å². The van der Waals surface area contributed by atoms with E-state index < -0.39 is 12.0 Å². The number of aromatic nitrogens is 3. The van der Waals surface area contributed by atoms with Crippen LogP contribution in [0.1, 0.15) is 37.0 Å². The SMILES string of the molecule is CC[C@@H]1CN(C(=O)[C@@H](C)O)CC[C@H]1Nc1c(C(N)=O)cnn2cc(-c3ccncc3)cc12. The minimum absolute atomic E-state index is 0.0432. The molecule has 168 valence electrons. The van der Waals surface area contributed by atoms with Gasteiger partial charge in [-0.1, -0.05) is 6.92 Å². The largest absolute Gasteiger partial charge is 0.384 e. The van der Waals surface area contributed by atoms with Gasteiger partial charge in [-0.25, -0.2) is 4.52 Å². The Kier molecular flexibility index (Phi) is 6.09. The highest BCUT2D eigenvalue weighted by Gasteiger charge is 2.32. The molecule has 0 unspecified atom stereocenters. The number of likely N-dealkylation sites (tertiary alicyclic amines) is 1. The van der Waals surface area contributed by atoms with Crippen molar-refractivity contribution in [3.05, 3.63) is 48.5 Å². The lowest BCUT2D eigenvalue weighted by Crippen LogP contribution is -2.50. The minimum Gasteiger partial charge on any atom is -0.384 e. The van der Waals surface area contributed by atoms with Crippen LogP contribution in [-0.2, 0) is 4.79 Å².